The van der Waals surface area contributed by atoms with Crippen LogP contribution in [0.4, 0.5) is 5.82 Å². The van der Waals surface area contributed by atoms with Gasteiger partial charge in [0.05, 0.1) is 0 Å². The van der Waals surface area contributed by atoms with Gasteiger partial charge >= 0.3 is 0 Å². The van der Waals surface area contributed by atoms with E-state index in [1.807, 2.05) is 31.2 Å². The molecule has 88 valence electrons. The van der Waals surface area contributed by atoms with E-state index in [1.165, 1.54) is 0 Å². The zero-order chi connectivity index (χ0) is 12.5. The van der Waals surface area contributed by atoms with Crippen LogP contribution in [0.15, 0.2) is 48.8 Å². The summed E-state index contributed by atoms with van der Waals surface area (Å²) in [7, 11) is 0. The molecule has 0 aliphatic heterocycles. The second-order valence-corrected chi connectivity index (χ2v) is 4.24. The number of hydrogen-bond acceptors (Lipinski definition) is 3. The third-order valence-corrected chi connectivity index (χ3v) is 3.08. The van der Waals surface area contributed by atoms with Gasteiger partial charge in [-0.2, -0.15) is 0 Å². The summed E-state index contributed by atoms with van der Waals surface area (Å²) in [5.74, 6) is 0.537. The van der Waals surface area contributed by atoms with Crippen LogP contribution < -0.4 is 5.73 Å². The zero-order valence-electron chi connectivity index (χ0n) is 10.1. The fourth-order valence-electron chi connectivity index (χ4n) is 2.28. The van der Waals surface area contributed by atoms with Crippen LogP contribution >= 0.6 is 0 Å². The lowest BCUT2D eigenvalue weighted by atomic mass is 9.98. The van der Waals surface area contributed by atoms with Gasteiger partial charge in [-0.15, -0.1) is 0 Å². The van der Waals surface area contributed by atoms with Gasteiger partial charge in [-0.05, 0) is 23.9 Å². The molecule has 0 saturated heterocycles. The first-order chi connectivity index (χ1) is 8.77. The summed E-state index contributed by atoms with van der Waals surface area (Å²) in [6.45, 7) is 1.98. The molecule has 2 N–H and O–H groups in total. The van der Waals surface area contributed by atoms with Crippen LogP contribution in [0.25, 0.3) is 21.9 Å². The van der Waals surface area contributed by atoms with Gasteiger partial charge in [0.1, 0.15) is 5.82 Å². The standard InChI is InChI=1S/C15H13N3/c1-10-14(11-5-3-2-4-6-11)12-7-8-17-9-13(12)15(16)18-10/h2-9H,1H3,(H2,16,18). The molecule has 0 bridgehead atoms. The topological polar surface area (TPSA) is 51.8 Å². The zero-order valence-corrected chi connectivity index (χ0v) is 10.1. The van der Waals surface area contributed by atoms with Crippen LogP contribution in [0.2, 0.25) is 0 Å². The van der Waals surface area contributed by atoms with Gasteiger partial charge in [-0.3, -0.25) is 4.98 Å². The Morgan fingerprint density at radius 1 is 1.00 bits per heavy atom. The summed E-state index contributed by atoms with van der Waals surface area (Å²) in [4.78, 5) is 8.53. The Morgan fingerprint density at radius 2 is 1.78 bits per heavy atom. The molecule has 2 heterocycles. The first kappa shape index (κ1) is 10.7. The van der Waals surface area contributed by atoms with E-state index in [0.29, 0.717) is 5.82 Å². The molecular formula is C15H13N3. The van der Waals surface area contributed by atoms with Crippen molar-refractivity contribution in [3.8, 4) is 11.1 Å². The minimum absolute atomic E-state index is 0.537. The Hall–Kier alpha value is -2.42. The van der Waals surface area contributed by atoms with Crippen LogP contribution in [0.5, 0.6) is 0 Å². The van der Waals surface area contributed by atoms with Gasteiger partial charge < -0.3 is 5.73 Å². The highest BCUT2D eigenvalue weighted by Gasteiger charge is 2.10. The van der Waals surface area contributed by atoms with Crippen molar-refractivity contribution in [2.24, 2.45) is 0 Å². The highest BCUT2D eigenvalue weighted by Crippen LogP contribution is 2.32. The Labute approximate surface area is 105 Å². The average Bonchev–Trinajstić information content (AvgIpc) is 2.40. The highest BCUT2D eigenvalue weighted by molar-refractivity contribution is 6.01. The van der Waals surface area contributed by atoms with Crippen LogP contribution in [0.1, 0.15) is 5.69 Å². The van der Waals surface area contributed by atoms with E-state index >= 15 is 0 Å². The molecule has 0 radical (unpaired) electrons. The van der Waals surface area contributed by atoms with Crippen molar-refractivity contribution in [2.75, 3.05) is 5.73 Å². The average molecular weight is 235 g/mol. The highest BCUT2D eigenvalue weighted by atomic mass is 14.8. The lowest BCUT2D eigenvalue weighted by molar-refractivity contribution is 1.23. The van der Waals surface area contributed by atoms with Crippen LogP contribution in [-0.4, -0.2) is 9.97 Å². The Balaban J connectivity index is 2.42. The molecule has 3 rings (SSSR count). The van der Waals surface area contributed by atoms with Crippen molar-refractivity contribution in [1.82, 2.24) is 9.97 Å². The fraction of sp³-hybridized carbons (Fsp3) is 0.0667. The smallest absolute Gasteiger partial charge is 0.133 e. The normalized spacial score (nSPS) is 10.7. The second kappa shape index (κ2) is 4.11. The summed E-state index contributed by atoms with van der Waals surface area (Å²) in [6.07, 6.45) is 3.55. The molecule has 0 aliphatic rings. The molecule has 3 nitrogen and oxygen atoms in total. The number of nitrogen functional groups attached to an aromatic ring is 1. The third-order valence-electron chi connectivity index (χ3n) is 3.08. The second-order valence-electron chi connectivity index (χ2n) is 4.24. The Kier molecular flexibility index (Phi) is 2.45. The van der Waals surface area contributed by atoms with Gasteiger partial charge in [-0.1, -0.05) is 30.3 Å². The molecule has 0 amide bonds. The minimum Gasteiger partial charge on any atom is -0.383 e. The van der Waals surface area contributed by atoms with Crippen molar-refractivity contribution in [3.05, 3.63) is 54.5 Å². The SMILES string of the molecule is Cc1nc(N)c2cnccc2c1-c1ccccc1. The maximum Gasteiger partial charge on any atom is 0.133 e. The van der Waals surface area contributed by atoms with E-state index in [1.54, 1.807) is 12.4 Å². The summed E-state index contributed by atoms with van der Waals surface area (Å²) >= 11 is 0. The number of aromatic nitrogens is 2. The number of fused-ring (bicyclic) bond motifs is 1. The van der Waals surface area contributed by atoms with Crippen molar-refractivity contribution >= 4 is 16.6 Å². The molecule has 2 aromatic heterocycles. The molecule has 0 unspecified atom stereocenters. The van der Waals surface area contributed by atoms with Gasteiger partial charge in [0, 0.05) is 29.0 Å². The van der Waals surface area contributed by atoms with Crippen molar-refractivity contribution in [2.45, 2.75) is 6.92 Å². The molecule has 0 atom stereocenters. The predicted molar refractivity (Wildman–Crippen MR) is 74.1 cm³/mol. The number of nitrogens with zero attached hydrogens (tertiary/aromatic N) is 2. The lowest BCUT2D eigenvalue weighted by Crippen LogP contribution is -1.98. The van der Waals surface area contributed by atoms with Crippen LogP contribution in [0.3, 0.4) is 0 Å². The van der Waals surface area contributed by atoms with Crippen molar-refractivity contribution in [1.29, 1.82) is 0 Å². The number of benzene rings is 1. The molecule has 1 aromatic carbocycles. The van der Waals surface area contributed by atoms with Crippen molar-refractivity contribution in [3.63, 3.8) is 0 Å². The first-order valence-electron chi connectivity index (χ1n) is 5.82. The fourth-order valence-corrected chi connectivity index (χ4v) is 2.28. The summed E-state index contributed by atoms with van der Waals surface area (Å²) in [6, 6.07) is 12.2. The maximum absolute atomic E-state index is 5.95. The molecule has 0 fully saturated rings. The molecule has 0 aliphatic carbocycles. The largest absolute Gasteiger partial charge is 0.383 e. The molecule has 18 heavy (non-hydrogen) atoms. The Bertz CT molecular complexity index is 706. The number of pyridine rings is 2. The Morgan fingerprint density at radius 3 is 2.56 bits per heavy atom. The first-order valence-corrected chi connectivity index (χ1v) is 5.82. The molecule has 3 heteroatoms. The van der Waals surface area contributed by atoms with Crippen LogP contribution in [-0.2, 0) is 0 Å². The lowest BCUT2D eigenvalue weighted by Gasteiger charge is -2.11. The summed E-state index contributed by atoms with van der Waals surface area (Å²) < 4.78 is 0. The quantitative estimate of drug-likeness (QED) is 0.704. The number of rotatable bonds is 1. The van der Waals surface area contributed by atoms with E-state index < -0.39 is 0 Å². The van der Waals surface area contributed by atoms with E-state index in [4.69, 9.17) is 5.73 Å². The maximum atomic E-state index is 5.95. The van der Waals surface area contributed by atoms with E-state index in [0.717, 1.165) is 27.6 Å². The van der Waals surface area contributed by atoms with Crippen LogP contribution in [0, 0.1) is 6.92 Å². The van der Waals surface area contributed by atoms with Gasteiger partial charge in [0.15, 0.2) is 0 Å². The minimum atomic E-state index is 0.537. The molecular weight excluding hydrogens is 222 g/mol. The van der Waals surface area contributed by atoms with E-state index in [-0.39, 0.29) is 0 Å². The molecule has 0 saturated carbocycles. The number of anilines is 1. The van der Waals surface area contributed by atoms with Gasteiger partial charge in [-0.25, -0.2) is 4.98 Å². The summed E-state index contributed by atoms with van der Waals surface area (Å²) in [5.41, 5.74) is 9.17. The van der Waals surface area contributed by atoms with Gasteiger partial charge in [0.2, 0.25) is 0 Å². The number of nitrogens with two attached hydrogens (primary N) is 1. The number of hydrogen-bond donors (Lipinski definition) is 1. The van der Waals surface area contributed by atoms with E-state index in [9.17, 15) is 0 Å². The summed E-state index contributed by atoms with van der Waals surface area (Å²) in [5, 5.41) is 2.00. The molecule has 0 spiro atoms. The monoisotopic (exact) mass is 235 g/mol. The van der Waals surface area contributed by atoms with Crippen molar-refractivity contribution < 1.29 is 0 Å². The third kappa shape index (κ3) is 1.61. The predicted octanol–water partition coefficient (Wildman–Crippen LogP) is 3.19. The number of aryl methyl sites for hydroxylation is 1. The van der Waals surface area contributed by atoms with E-state index in [2.05, 4.69) is 22.1 Å². The molecule has 3 aromatic rings. The van der Waals surface area contributed by atoms with Gasteiger partial charge in [0.25, 0.3) is 0 Å².